The molecule has 0 saturated heterocycles. The molecule has 0 saturated carbocycles. The second-order valence-electron chi connectivity index (χ2n) is 3.56. The highest BCUT2D eigenvalue weighted by Crippen LogP contribution is 2.16. The standard InChI is InChI=1S/C12H9ClFN3O/c13-9-3-1-7(5-10(9)14)12(18)17-11-4-2-8(15)6-16-11/h1-6H,15H2,(H,16,17,18). The molecule has 92 valence electrons. The second kappa shape index (κ2) is 5.01. The first kappa shape index (κ1) is 12.3. The lowest BCUT2D eigenvalue weighted by Crippen LogP contribution is -2.13. The van der Waals surface area contributed by atoms with Gasteiger partial charge in [0.25, 0.3) is 5.91 Å². The Hall–Kier alpha value is -2.14. The summed E-state index contributed by atoms with van der Waals surface area (Å²) in [6, 6.07) is 6.97. The van der Waals surface area contributed by atoms with E-state index >= 15 is 0 Å². The smallest absolute Gasteiger partial charge is 0.256 e. The van der Waals surface area contributed by atoms with Crippen molar-refractivity contribution in [2.45, 2.75) is 0 Å². The van der Waals surface area contributed by atoms with Gasteiger partial charge in [-0.15, -0.1) is 0 Å². The molecule has 0 unspecified atom stereocenters. The summed E-state index contributed by atoms with van der Waals surface area (Å²) >= 11 is 5.53. The molecule has 0 spiro atoms. The highest BCUT2D eigenvalue weighted by molar-refractivity contribution is 6.30. The summed E-state index contributed by atoms with van der Waals surface area (Å²) in [5, 5.41) is 2.49. The summed E-state index contributed by atoms with van der Waals surface area (Å²) < 4.78 is 13.2. The van der Waals surface area contributed by atoms with Crippen molar-refractivity contribution in [3.63, 3.8) is 0 Å². The van der Waals surface area contributed by atoms with E-state index in [1.807, 2.05) is 0 Å². The number of carbonyl (C=O) groups is 1. The van der Waals surface area contributed by atoms with E-state index in [2.05, 4.69) is 10.3 Å². The van der Waals surface area contributed by atoms with Gasteiger partial charge in [0.1, 0.15) is 11.6 Å². The Bertz CT molecular complexity index is 586. The van der Waals surface area contributed by atoms with Crippen molar-refractivity contribution >= 4 is 29.0 Å². The number of nitrogens with zero attached hydrogens (tertiary/aromatic N) is 1. The SMILES string of the molecule is Nc1ccc(NC(=O)c2ccc(Cl)c(F)c2)nc1. The van der Waals surface area contributed by atoms with Crippen molar-refractivity contribution < 1.29 is 9.18 Å². The van der Waals surface area contributed by atoms with Crippen LogP contribution >= 0.6 is 11.6 Å². The van der Waals surface area contributed by atoms with Crippen LogP contribution in [0.3, 0.4) is 0 Å². The minimum absolute atomic E-state index is 0.0304. The van der Waals surface area contributed by atoms with Crippen LogP contribution in [-0.4, -0.2) is 10.9 Å². The number of aromatic nitrogens is 1. The number of nitrogens with two attached hydrogens (primary N) is 1. The molecular formula is C12H9ClFN3O. The lowest BCUT2D eigenvalue weighted by molar-refractivity contribution is 0.102. The summed E-state index contributed by atoms with van der Waals surface area (Å²) in [7, 11) is 0. The van der Waals surface area contributed by atoms with E-state index in [0.29, 0.717) is 11.5 Å². The van der Waals surface area contributed by atoms with Gasteiger partial charge in [-0.3, -0.25) is 4.79 Å². The van der Waals surface area contributed by atoms with Crippen LogP contribution in [0.2, 0.25) is 5.02 Å². The normalized spacial score (nSPS) is 10.1. The number of benzene rings is 1. The van der Waals surface area contributed by atoms with Gasteiger partial charge in [-0.1, -0.05) is 11.6 Å². The largest absolute Gasteiger partial charge is 0.397 e. The fourth-order valence-corrected chi connectivity index (χ4v) is 1.42. The van der Waals surface area contributed by atoms with Gasteiger partial charge in [-0.2, -0.15) is 0 Å². The third-order valence-electron chi connectivity index (χ3n) is 2.21. The Morgan fingerprint density at radius 2 is 2.11 bits per heavy atom. The predicted octanol–water partition coefficient (Wildman–Crippen LogP) is 2.71. The molecule has 4 nitrogen and oxygen atoms in total. The molecule has 1 aromatic heterocycles. The van der Waals surface area contributed by atoms with E-state index in [9.17, 15) is 9.18 Å². The molecule has 0 aliphatic carbocycles. The molecule has 0 aliphatic rings. The maximum Gasteiger partial charge on any atom is 0.256 e. The summed E-state index contributed by atoms with van der Waals surface area (Å²) in [6.07, 6.45) is 1.41. The number of carbonyl (C=O) groups excluding carboxylic acids is 1. The van der Waals surface area contributed by atoms with Crippen LogP contribution in [0.1, 0.15) is 10.4 Å². The zero-order valence-corrected chi connectivity index (χ0v) is 9.91. The topological polar surface area (TPSA) is 68.0 Å². The average molecular weight is 266 g/mol. The monoisotopic (exact) mass is 265 g/mol. The summed E-state index contributed by atoms with van der Waals surface area (Å²) in [5.41, 5.74) is 6.12. The number of nitrogen functional groups attached to an aromatic ring is 1. The quantitative estimate of drug-likeness (QED) is 0.877. The molecule has 6 heteroatoms. The van der Waals surface area contributed by atoms with Crippen molar-refractivity contribution in [2.75, 3.05) is 11.1 Å². The van der Waals surface area contributed by atoms with Gasteiger partial charge in [-0.25, -0.2) is 9.37 Å². The Morgan fingerprint density at radius 3 is 2.72 bits per heavy atom. The molecule has 1 aromatic carbocycles. The molecule has 0 bridgehead atoms. The zero-order valence-electron chi connectivity index (χ0n) is 9.15. The Morgan fingerprint density at radius 1 is 1.33 bits per heavy atom. The summed E-state index contributed by atoms with van der Waals surface area (Å²) in [4.78, 5) is 15.7. The number of pyridine rings is 1. The number of anilines is 2. The number of amides is 1. The van der Waals surface area contributed by atoms with Gasteiger partial charge in [0.15, 0.2) is 0 Å². The lowest BCUT2D eigenvalue weighted by Gasteiger charge is -2.05. The van der Waals surface area contributed by atoms with Gasteiger partial charge in [0.2, 0.25) is 0 Å². The molecule has 18 heavy (non-hydrogen) atoms. The van der Waals surface area contributed by atoms with Crippen LogP contribution in [-0.2, 0) is 0 Å². The van der Waals surface area contributed by atoms with Crippen LogP contribution < -0.4 is 11.1 Å². The van der Waals surface area contributed by atoms with E-state index in [0.717, 1.165) is 6.07 Å². The number of rotatable bonds is 2. The molecule has 2 aromatic rings. The number of nitrogens with one attached hydrogen (secondary N) is 1. The van der Waals surface area contributed by atoms with E-state index in [-0.39, 0.29) is 10.6 Å². The van der Waals surface area contributed by atoms with Crippen molar-refractivity contribution in [3.8, 4) is 0 Å². The predicted molar refractivity (Wildman–Crippen MR) is 68.0 cm³/mol. The van der Waals surface area contributed by atoms with Crippen LogP contribution in [0.25, 0.3) is 0 Å². The maximum atomic E-state index is 13.2. The molecule has 3 N–H and O–H groups in total. The van der Waals surface area contributed by atoms with Gasteiger partial charge < -0.3 is 11.1 Å². The molecule has 0 fully saturated rings. The number of hydrogen-bond donors (Lipinski definition) is 2. The number of hydrogen-bond acceptors (Lipinski definition) is 3. The highest BCUT2D eigenvalue weighted by Gasteiger charge is 2.09. The molecule has 1 heterocycles. The highest BCUT2D eigenvalue weighted by atomic mass is 35.5. The molecule has 2 rings (SSSR count). The van der Waals surface area contributed by atoms with Crippen LogP contribution in [0.4, 0.5) is 15.9 Å². The van der Waals surface area contributed by atoms with Crippen LogP contribution in [0, 0.1) is 5.82 Å². The second-order valence-corrected chi connectivity index (χ2v) is 3.97. The fraction of sp³-hybridized carbons (Fsp3) is 0. The van der Waals surface area contributed by atoms with Gasteiger partial charge in [0, 0.05) is 5.56 Å². The zero-order chi connectivity index (χ0) is 13.1. The first-order valence-corrected chi connectivity index (χ1v) is 5.42. The third kappa shape index (κ3) is 2.75. The van der Waals surface area contributed by atoms with Crippen LogP contribution in [0.15, 0.2) is 36.5 Å². The Balaban J connectivity index is 2.16. The Labute approximate surface area is 108 Å². The minimum atomic E-state index is -0.644. The lowest BCUT2D eigenvalue weighted by atomic mass is 10.2. The van der Waals surface area contributed by atoms with Crippen molar-refractivity contribution in [2.24, 2.45) is 0 Å². The van der Waals surface area contributed by atoms with Gasteiger partial charge >= 0.3 is 0 Å². The van der Waals surface area contributed by atoms with Crippen molar-refractivity contribution in [1.82, 2.24) is 4.98 Å². The summed E-state index contributed by atoms with van der Waals surface area (Å²) in [5.74, 6) is -0.776. The van der Waals surface area contributed by atoms with E-state index < -0.39 is 11.7 Å². The third-order valence-corrected chi connectivity index (χ3v) is 2.52. The molecule has 1 amide bonds. The van der Waals surface area contributed by atoms with Crippen molar-refractivity contribution in [3.05, 3.63) is 52.9 Å². The number of halogens is 2. The minimum Gasteiger partial charge on any atom is -0.397 e. The molecule has 0 atom stereocenters. The summed E-state index contributed by atoms with van der Waals surface area (Å²) in [6.45, 7) is 0. The average Bonchev–Trinajstić information content (AvgIpc) is 2.35. The van der Waals surface area contributed by atoms with Crippen molar-refractivity contribution in [1.29, 1.82) is 0 Å². The van der Waals surface area contributed by atoms with Gasteiger partial charge in [0.05, 0.1) is 16.9 Å². The molecule has 0 aliphatic heterocycles. The van der Waals surface area contributed by atoms with Crippen LogP contribution in [0.5, 0.6) is 0 Å². The molecule has 0 radical (unpaired) electrons. The first-order chi connectivity index (χ1) is 8.56. The first-order valence-electron chi connectivity index (χ1n) is 5.04. The fourth-order valence-electron chi connectivity index (χ4n) is 1.31. The Kier molecular flexibility index (Phi) is 3.43. The van der Waals surface area contributed by atoms with E-state index in [1.165, 1.54) is 18.3 Å². The van der Waals surface area contributed by atoms with E-state index in [4.69, 9.17) is 17.3 Å². The van der Waals surface area contributed by atoms with E-state index in [1.54, 1.807) is 12.1 Å². The molecular weight excluding hydrogens is 257 g/mol. The maximum absolute atomic E-state index is 13.2. The van der Waals surface area contributed by atoms with Gasteiger partial charge in [-0.05, 0) is 30.3 Å².